The highest BCUT2D eigenvalue weighted by Gasteiger charge is 2.16. The van der Waals surface area contributed by atoms with Gasteiger partial charge in [0, 0.05) is 52.0 Å². The van der Waals surface area contributed by atoms with Crippen LogP contribution in [-0.2, 0) is 11.3 Å². The number of hydrogen-bond donors (Lipinski definition) is 1. The molecule has 140 valence electrons. The van der Waals surface area contributed by atoms with Gasteiger partial charge in [0.05, 0.1) is 4.92 Å². The van der Waals surface area contributed by atoms with Crippen LogP contribution >= 0.6 is 24.0 Å². The molecule has 0 amide bonds. The summed E-state index contributed by atoms with van der Waals surface area (Å²) in [6.45, 7) is 3.00. The van der Waals surface area contributed by atoms with Crippen LogP contribution in [0.2, 0.25) is 0 Å². The molecule has 2 rings (SSSR count). The largest absolute Gasteiger partial charge is 0.381 e. The molecule has 0 unspecified atom stereocenters. The van der Waals surface area contributed by atoms with Gasteiger partial charge in [-0.3, -0.25) is 15.1 Å². The lowest BCUT2D eigenvalue weighted by molar-refractivity contribution is -0.385. The summed E-state index contributed by atoms with van der Waals surface area (Å²) in [5.74, 6) is 1.45. The van der Waals surface area contributed by atoms with Crippen molar-refractivity contribution >= 4 is 35.6 Å². The fourth-order valence-electron chi connectivity index (χ4n) is 2.91. The van der Waals surface area contributed by atoms with E-state index in [2.05, 4.69) is 15.2 Å². The average Bonchev–Trinajstić information content (AvgIpc) is 2.61. The van der Waals surface area contributed by atoms with E-state index < -0.39 is 0 Å². The monoisotopic (exact) mass is 462 g/mol. The van der Waals surface area contributed by atoms with Crippen LogP contribution in [0.5, 0.6) is 0 Å². The Hall–Kier alpha value is -1.42. The van der Waals surface area contributed by atoms with Crippen LogP contribution in [0.25, 0.3) is 0 Å². The molecule has 0 spiro atoms. The van der Waals surface area contributed by atoms with Crippen LogP contribution < -0.4 is 5.32 Å². The molecule has 1 aromatic carbocycles. The summed E-state index contributed by atoms with van der Waals surface area (Å²) in [4.78, 5) is 17.1. The summed E-state index contributed by atoms with van der Waals surface area (Å²) in [5, 5.41) is 14.3. The molecule has 7 nitrogen and oxygen atoms in total. The Bertz CT molecular complexity index is 577. The Morgan fingerprint density at radius 3 is 2.72 bits per heavy atom. The number of nitro groups is 1. The minimum atomic E-state index is -0.353. The Morgan fingerprint density at radius 1 is 1.40 bits per heavy atom. The molecular weight excluding hydrogens is 435 g/mol. The van der Waals surface area contributed by atoms with E-state index in [1.54, 1.807) is 19.2 Å². The van der Waals surface area contributed by atoms with Crippen LogP contribution in [0, 0.1) is 16.0 Å². The van der Waals surface area contributed by atoms with Gasteiger partial charge in [-0.1, -0.05) is 18.2 Å². The third kappa shape index (κ3) is 6.77. The van der Waals surface area contributed by atoms with Crippen molar-refractivity contribution in [3.63, 3.8) is 0 Å². The standard InChI is InChI=1S/C17H26N4O3.HI/c1-18-17(20(2)10-7-14-8-11-24-12-9-14)19-13-15-5-3-4-6-16(15)21(22)23;/h3-6,14H,7-13H2,1-2H3,(H,18,19);1H. The lowest BCUT2D eigenvalue weighted by Gasteiger charge is -2.26. The van der Waals surface area contributed by atoms with Crippen molar-refractivity contribution in [2.75, 3.05) is 33.9 Å². The maximum Gasteiger partial charge on any atom is 0.274 e. The third-order valence-corrected chi connectivity index (χ3v) is 4.41. The van der Waals surface area contributed by atoms with Gasteiger partial charge in [0.25, 0.3) is 5.69 Å². The van der Waals surface area contributed by atoms with E-state index in [0.717, 1.165) is 45.0 Å². The summed E-state index contributed by atoms with van der Waals surface area (Å²) in [6, 6.07) is 6.77. The summed E-state index contributed by atoms with van der Waals surface area (Å²) in [7, 11) is 3.72. The maximum atomic E-state index is 11.1. The van der Waals surface area contributed by atoms with Crippen LogP contribution in [-0.4, -0.2) is 49.6 Å². The second-order valence-electron chi connectivity index (χ2n) is 6.05. The zero-order valence-corrected chi connectivity index (χ0v) is 17.1. The number of guanidine groups is 1. The Morgan fingerprint density at radius 2 is 2.08 bits per heavy atom. The molecule has 0 atom stereocenters. The number of aliphatic imine (C=N–C) groups is 1. The van der Waals surface area contributed by atoms with Gasteiger partial charge in [0.15, 0.2) is 5.96 Å². The lowest BCUT2D eigenvalue weighted by Crippen LogP contribution is -2.39. The quantitative estimate of drug-likeness (QED) is 0.231. The van der Waals surface area contributed by atoms with Gasteiger partial charge < -0.3 is 15.0 Å². The highest BCUT2D eigenvalue weighted by molar-refractivity contribution is 14.0. The Kier molecular flexibility index (Phi) is 9.73. The van der Waals surface area contributed by atoms with E-state index >= 15 is 0 Å². The van der Waals surface area contributed by atoms with Gasteiger partial charge in [0.1, 0.15) is 0 Å². The molecule has 0 aliphatic carbocycles. The Balaban J connectivity index is 0.00000312. The zero-order chi connectivity index (χ0) is 17.4. The van der Waals surface area contributed by atoms with Crippen molar-refractivity contribution in [3.05, 3.63) is 39.9 Å². The number of nitrogens with zero attached hydrogens (tertiary/aromatic N) is 3. The molecule has 25 heavy (non-hydrogen) atoms. The first-order chi connectivity index (χ1) is 11.6. The second-order valence-corrected chi connectivity index (χ2v) is 6.05. The molecule has 8 heteroatoms. The van der Waals surface area contributed by atoms with Crippen molar-refractivity contribution < 1.29 is 9.66 Å². The SMILES string of the molecule is CN=C(NCc1ccccc1[N+](=O)[O-])N(C)CCC1CCOCC1.I. The molecule has 1 aliphatic rings. The Labute approximate surface area is 166 Å². The van der Waals surface area contributed by atoms with Gasteiger partial charge in [-0.25, -0.2) is 0 Å². The molecule has 0 radical (unpaired) electrons. The molecule has 1 aromatic rings. The number of para-hydroxylation sites is 1. The minimum absolute atomic E-state index is 0. The molecular formula is C17H27IN4O3. The van der Waals surface area contributed by atoms with E-state index in [9.17, 15) is 10.1 Å². The molecule has 1 saturated heterocycles. The number of benzene rings is 1. The molecule has 1 fully saturated rings. The number of halogens is 1. The zero-order valence-electron chi connectivity index (χ0n) is 14.8. The van der Waals surface area contributed by atoms with Crippen molar-refractivity contribution in [1.29, 1.82) is 0 Å². The molecule has 0 aromatic heterocycles. The maximum absolute atomic E-state index is 11.1. The molecule has 0 bridgehead atoms. The minimum Gasteiger partial charge on any atom is -0.381 e. The molecule has 1 aliphatic heterocycles. The molecule has 1 heterocycles. The van der Waals surface area contributed by atoms with Crippen molar-refractivity contribution in [2.45, 2.75) is 25.8 Å². The fraction of sp³-hybridized carbons (Fsp3) is 0.588. The average molecular weight is 462 g/mol. The van der Waals surface area contributed by atoms with E-state index in [4.69, 9.17) is 4.74 Å². The van der Waals surface area contributed by atoms with E-state index in [-0.39, 0.29) is 34.6 Å². The highest BCUT2D eigenvalue weighted by atomic mass is 127. The molecule has 0 saturated carbocycles. The predicted molar refractivity (Wildman–Crippen MR) is 110 cm³/mol. The number of ether oxygens (including phenoxy) is 1. The van der Waals surface area contributed by atoms with Gasteiger partial charge in [-0.2, -0.15) is 0 Å². The summed E-state index contributed by atoms with van der Waals surface area (Å²) in [5.41, 5.74) is 0.784. The first-order valence-electron chi connectivity index (χ1n) is 8.33. The summed E-state index contributed by atoms with van der Waals surface area (Å²) >= 11 is 0. The summed E-state index contributed by atoms with van der Waals surface area (Å²) in [6.07, 6.45) is 3.35. The normalized spacial score (nSPS) is 15.4. The predicted octanol–water partition coefficient (Wildman–Crippen LogP) is 3.04. The smallest absolute Gasteiger partial charge is 0.274 e. The van der Waals surface area contributed by atoms with Crippen molar-refractivity contribution in [3.8, 4) is 0 Å². The number of nitro benzene ring substituents is 1. The first kappa shape index (κ1) is 21.6. The number of nitrogens with one attached hydrogen (secondary N) is 1. The van der Waals surface area contributed by atoms with Gasteiger partial charge in [-0.15, -0.1) is 24.0 Å². The van der Waals surface area contributed by atoms with Gasteiger partial charge in [0.2, 0.25) is 0 Å². The van der Waals surface area contributed by atoms with Gasteiger partial charge in [-0.05, 0) is 25.2 Å². The van der Waals surface area contributed by atoms with E-state index in [1.165, 1.54) is 6.07 Å². The second kappa shape index (κ2) is 11.2. The van der Waals surface area contributed by atoms with Crippen LogP contribution in [0.15, 0.2) is 29.3 Å². The van der Waals surface area contributed by atoms with Crippen molar-refractivity contribution in [1.82, 2.24) is 10.2 Å². The fourth-order valence-corrected chi connectivity index (χ4v) is 2.91. The first-order valence-corrected chi connectivity index (χ1v) is 8.33. The van der Waals surface area contributed by atoms with Crippen LogP contribution in [0.1, 0.15) is 24.8 Å². The highest BCUT2D eigenvalue weighted by Crippen LogP contribution is 2.19. The van der Waals surface area contributed by atoms with E-state index in [1.807, 2.05) is 13.1 Å². The van der Waals surface area contributed by atoms with Crippen molar-refractivity contribution in [2.24, 2.45) is 10.9 Å². The molecule has 1 N–H and O–H groups in total. The third-order valence-electron chi connectivity index (χ3n) is 4.41. The number of hydrogen-bond acceptors (Lipinski definition) is 4. The van der Waals surface area contributed by atoms with Gasteiger partial charge >= 0.3 is 0 Å². The lowest BCUT2D eigenvalue weighted by atomic mass is 9.96. The number of rotatable bonds is 6. The van der Waals surface area contributed by atoms with E-state index in [0.29, 0.717) is 18.0 Å². The summed E-state index contributed by atoms with van der Waals surface area (Å²) < 4.78 is 5.39. The van der Waals surface area contributed by atoms with Crippen LogP contribution in [0.3, 0.4) is 0 Å². The topological polar surface area (TPSA) is 80.0 Å². The van der Waals surface area contributed by atoms with Crippen LogP contribution in [0.4, 0.5) is 5.69 Å².